The van der Waals surface area contributed by atoms with Gasteiger partial charge in [-0.15, -0.1) is 0 Å². The summed E-state index contributed by atoms with van der Waals surface area (Å²) in [6.45, 7) is 0. The van der Waals surface area contributed by atoms with Crippen molar-refractivity contribution in [3.05, 3.63) is 71.3 Å². The molecule has 1 amide bonds. The van der Waals surface area contributed by atoms with Crippen LogP contribution in [0.15, 0.2) is 54.6 Å². The Hall–Kier alpha value is -2.46. The van der Waals surface area contributed by atoms with Gasteiger partial charge in [0.15, 0.2) is 5.78 Å². The predicted molar refractivity (Wildman–Crippen MR) is 75.4 cm³/mol. The summed E-state index contributed by atoms with van der Waals surface area (Å²) < 4.78 is 0. The van der Waals surface area contributed by atoms with Crippen molar-refractivity contribution in [3.8, 4) is 0 Å². The Kier molecular flexibility index (Phi) is 4.27. The molecule has 2 aromatic rings. The second-order valence-corrected chi connectivity index (χ2v) is 4.26. The molecule has 0 heterocycles. The first-order chi connectivity index (χ1) is 9.63. The molecule has 0 N–H and O–H groups in total. The third-order valence-corrected chi connectivity index (χ3v) is 2.99. The van der Waals surface area contributed by atoms with Crippen LogP contribution in [0.25, 0.3) is 0 Å². The molecule has 2 aromatic carbocycles. The van der Waals surface area contributed by atoms with Crippen molar-refractivity contribution in [3.63, 3.8) is 0 Å². The van der Waals surface area contributed by atoms with E-state index in [0.29, 0.717) is 16.7 Å². The second kappa shape index (κ2) is 6.12. The van der Waals surface area contributed by atoms with E-state index in [2.05, 4.69) is 0 Å². The SMILES string of the molecule is CON(C)C(=O)c1ccc(C(=O)c2ccccc2)cc1. The van der Waals surface area contributed by atoms with Crippen LogP contribution in [0.3, 0.4) is 0 Å². The number of carbonyl (C=O) groups excluding carboxylic acids is 2. The van der Waals surface area contributed by atoms with Crippen LogP contribution < -0.4 is 0 Å². The Labute approximate surface area is 117 Å². The number of nitrogens with zero attached hydrogens (tertiary/aromatic N) is 1. The molecule has 0 unspecified atom stereocenters. The zero-order valence-electron chi connectivity index (χ0n) is 11.4. The van der Waals surface area contributed by atoms with Gasteiger partial charge in [0, 0.05) is 23.7 Å². The number of benzene rings is 2. The van der Waals surface area contributed by atoms with Crippen LogP contribution in [0, 0.1) is 0 Å². The minimum absolute atomic E-state index is 0.0651. The van der Waals surface area contributed by atoms with Crippen LogP contribution in [-0.2, 0) is 4.84 Å². The van der Waals surface area contributed by atoms with E-state index in [1.807, 2.05) is 18.2 Å². The Morgan fingerprint density at radius 1 is 0.850 bits per heavy atom. The molecule has 0 saturated carbocycles. The number of rotatable bonds is 4. The molecule has 0 aromatic heterocycles. The minimum Gasteiger partial charge on any atom is -0.289 e. The highest BCUT2D eigenvalue weighted by Crippen LogP contribution is 2.12. The molecule has 0 spiro atoms. The summed E-state index contributed by atoms with van der Waals surface area (Å²) in [7, 11) is 2.95. The molecule has 0 atom stereocenters. The molecule has 0 aliphatic carbocycles. The third kappa shape index (κ3) is 2.92. The van der Waals surface area contributed by atoms with E-state index in [0.717, 1.165) is 5.06 Å². The van der Waals surface area contributed by atoms with Crippen molar-refractivity contribution in [2.24, 2.45) is 0 Å². The zero-order chi connectivity index (χ0) is 14.5. The smallest absolute Gasteiger partial charge is 0.277 e. The van der Waals surface area contributed by atoms with Gasteiger partial charge in [-0.1, -0.05) is 42.5 Å². The second-order valence-electron chi connectivity index (χ2n) is 4.26. The van der Waals surface area contributed by atoms with Crippen molar-refractivity contribution in [1.82, 2.24) is 5.06 Å². The van der Waals surface area contributed by atoms with Gasteiger partial charge in [0.05, 0.1) is 7.11 Å². The van der Waals surface area contributed by atoms with Crippen LogP contribution in [0.5, 0.6) is 0 Å². The molecule has 102 valence electrons. The summed E-state index contributed by atoms with van der Waals surface area (Å²) in [6.07, 6.45) is 0. The number of hydroxylamine groups is 2. The van der Waals surface area contributed by atoms with Crippen LogP contribution in [0.4, 0.5) is 0 Å². The highest BCUT2D eigenvalue weighted by atomic mass is 16.7. The van der Waals surface area contributed by atoms with Crippen molar-refractivity contribution in [1.29, 1.82) is 0 Å². The maximum atomic E-state index is 12.2. The average Bonchev–Trinajstić information content (AvgIpc) is 2.53. The normalized spacial score (nSPS) is 10.1. The lowest BCUT2D eigenvalue weighted by Crippen LogP contribution is -2.25. The quantitative estimate of drug-likeness (QED) is 0.633. The van der Waals surface area contributed by atoms with Crippen LogP contribution >= 0.6 is 0 Å². The third-order valence-electron chi connectivity index (χ3n) is 2.99. The van der Waals surface area contributed by atoms with Gasteiger partial charge in [-0.05, 0) is 12.1 Å². The average molecular weight is 269 g/mol. The van der Waals surface area contributed by atoms with E-state index in [9.17, 15) is 9.59 Å². The topological polar surface area (TPSA) is 46.6 Å². The Morgan fingerprint density at radius 2 is 1.35 bits per heavy atom. The fourth-order valence-corrected chi connectivity index (χ4v) is 1.79. The van der Waals surface area contributed by atoms with Gasteiger partial charge in [0.25, 0.3) is 5.91 Å². The zero-order valence-corrected chi connectivity index (χ0v) is 11.4. The van der Waals surface area contributed by atoms with Crippen molar-refractivity contribution < 1.29 is 14.4 Å². The lowest BCUT2D eigenvalue weighted by Gasteiger charge is -2.13. The van der Waals surface area contributed by atoms with E-state index >= 15 is 0 Å². The van der Waals surface area contributed by atoms with E-state index in [1.54, 1.807) is 36.4 Å². The minimum atomic E-state index is -0.258. The lowest BCUT2D eigenvalue weighted by atomic mass is 10.0. The molecule has 0 radical (unpaired) electrons. The first-order valence-corrected chi connectivity index (χ1v) is 6.15. The molecular weight excluding hydrogens is 254 g/mol. The number of hydrogen-bond donors (Lipinski definition) is 0. The van der Waals surface area contributed by atoms with Crippen molar-refractivity contribution >= 4 is 11.7 Å². The highest BCUT2D eigenvalue weighted by Gasteiger charge is 2.13. The first kappa shape index (κ1) is 14.0. The summed E-state index contributed by atoms with van der Waals surface area (Å²) in [5.41, 5.74) is 1.65. The monoisotopic (exact) mass is 269 g/mol. The van der Waals surface area contributed by atoms with Gasteiger partial charge < -0.3 is 0 Å². The summed E-state index contributed by atoms with van der Waals surface area (Å²) in [5.74, 6) is -0.323. The molecule has 0 fully saturated rings. The van der Waals surface area contributed by atoms with Gasteiger partial charge in [-0.3, -0.25) is 14.4 Å². The van der Waals surface area contributed by atoms with Crippen molar-refractivity contribution in [2.75, 3.05) is 14.2 Å². The molecule has 0 aliphatic rings. The number of carbonyl (C=O) groups is 2. The molecule has 20 heavy (non-hydrogen) atoms. The Morgan fingerprint density at radius 3 is 1.90 bits per heavy atom. The number of hydrogen-bond acceptors (Lipinski definition) is 3. The standard InChI is InChI=1S/C16H15NO3/c1-17(20-2)16(19)14-10-8-13(9-11-14)15(18)12-6-4-3-5-7-12/h3-11H,1-2H3. The molecule has 0 bridgehead atoms. The van der Waals surface area contributed by atoms with Crippen LogP contribution in [0.2, 0.25) is 0 Å². The summed E-state index contributed by atoms with van der Waals surface area (Å²) in [5, 5.41) is 1.13. The fraction of sp³-hybridized carbons (Fsp3) is 0.125. The van der Waals surface area contributed by atoms with Gasteiger partial charge >= 0.3 is 0 Å². The fourth-order valence-electron chi connectivity index (χ4n) is 1.79. The summed E-state index contributed by atoms with van der Waals surface area (Å²) in [4.78, 5) is 28.9. The predicted octanol–water partition coefficient (Wildman–Crippen LogP) is 2.55. The highest BCUT2D eigenvalue weighted by molar-refractivity contribution is 6.09. The maximum absolute atomic E-state index is 12.2. The maximum Gasteiger partial charge on any atom is 0.277 e. The number of amides is 1. The summed E-state index contributed by atoms with van der Waals surface area (Å²) in [6, 6.07) is 15.6. The van der Waals surface area contributed by atoms with E-state index in [-0.39, 0.29) is 11.7 Å². The lowest BCUT2D eigenvalue weighted by molar-refractivity contribution is -0.0756. The van der Waals surface area contributed by atoms with Gasteiger partial charge in [0.2, 0.25) is 0 Å². The van der Waals surface area contributed by atoms with Crippen LogP contribution in [0.1, 0.15) is 26.3 Å². The molecule has 4 heteroatoms. The van der Waals surface area contributed by atoms with Gasteiger partial charge in [-0.2, -0.15) is 0 Å². The van der Waals surface area contributed by atoms with E-state index in [4.69, 9.17) is 4.84 Å². The van der Waals surface area contributed by atoms with Gasteiger partial charge in [0.1, 0.15) is 0 Å². The molecule has 2 rings (SSSR count). The van der Waals surface area contributed by atoms with Crippen LogP contribution in [-0.4, -0.2) is 30.9 Å². The molecule has 4 nitrogen and oxygen atoms in total. The Bertz CT molecular complexity index is 605. The number of ketones is 1. The summed E-state index contributed by atoms with van der Waals surface area (Å²) >= 11 is 0. The van der Waals surface area contributed by atoms with Gasteiger partial charge in [-0.25, -0.2) is 5.06 Å². The van der Waals surface area contributed by atoms with E-state index < -0.39 is 0 Å². The molecule has 0 aliphatic heterocycles. The first-order valence-electron chi connectivity index (χ1n) is 6.15. The van der Waals surface area contributed by atoms with Crippen molar-refractivity contribution in [2.45, 2.75) is 0 Å². The Balaban J connectivity index is 2.21. The van der Waals surface area contributed by atoms with E-state index in [1.165, 1.54) is 14.2 Å². The largest absolute Gasteiger partial charge is 0.289 e. The molecule has 0 saturated heterocycles. The molecular formula is C16H15NO3.